The Balaban J connectivity index is 1.73. The molecule has 12 nitrogen and oxygen atoms in total. The number of aromatic nitrogens is 4. The molecule has 2 aromatic carbocycles. The van der Waals surface area contributed by atoms with Crippen molar-refractivity contribution in [3.8, 4) is 5.75 Å². The predicted octanol–water partition coefficient (Wildman–Crippen LogP) is 2.80. The molecule has 0 bridgehead atoms. The van der Waals surface area contributed by atoms with Crippen LogP contribution in [-0.2, 0) is 43.8 Å². The highest BCUT2D eigenvalue weighted by molar-refractivity contribution is 7.74. The fourth-order valence-electron chi connectivity index (χ4n) is 5.36. The number of fused-ring (bicyclic) bond motifs is 1. The van der Waals surface area contributed by atoms with Crippen LogP contribution in [0.2, 0.25) is 0 Å². The second kappa shape index (κ2) is 15.8. The predicted molar refractivity (Wildman–Crippen MR) is 172 cm³/mol. The van der Waals surface area contributed by atoms with Gasteiger partial charge in [0.25, 0.3) is 5.56 Å². The molecule has 44 heavy (non-hydrogen) atoms. The summed E-state index contributed by atoms with van der Waals surface area (Å²) in [5, 5.41) is 9.51. The summed E-state index contributed by atoms with van der Waals surface area (Å²) < 4.78 is 29.7. The first kappa shape index (κ1) is 33.1. The van der Waals surface area contributed by atoms with Crippen LogP contribution in [0.3, 0.4) is 0 Å². The van der Waals surface area contributed by atoms with E-state index in [1.807, 2.05) is 42.7 Å². The van der Waals surface area contributed by atoms with E-state index in [2.05, 4.69) is 4.90 Å². The van der Waals surface area contributed by atoms with Crippen LogP contribution in [-0.4, -0.2) is 63.7 Å². The van der Waals surface area contributed by atoms with E-state index in [-0.39, 0.29) is 23.6 Å². The van der Waals surface area contributed by atoms with Gasteiger partial charge in [-0.2, -0.15) is 4.21 Å². The van der Waals surface area contributed by atoms with Crippen LogP contribution in [0.4, 0.5) is 5.69 Å². The SMILES string of the molecule is CCCn1c(=O)c2c(nc(Cc3ccc(OS(=O)O)cc3)n2CCN(CC)CCO)n(CCCCc2ccc(N)cc2)c1=O. The number of nitrogens with zero attached hydrogens (tertiary/aromatic N) is 5. The van der Waals surface area contributed by atoms with Gasteiger partial charge < -0.3 is 19.6 Å². The Bertz CT molecular complexity index is 1660. The lowest BCUT2D eigenvalue weighted by Gasteiger charge is -2.20. The lowest BCUT2D eigenvalue weighted by Crippen LogP contribution is -2.41. The van der Waals surface area contributed by atoms with Crippen LogP contribution >= 0.6 is 0 Å². The maximum atomic E-state index is 13.9. The molecular weight excluding hydrogens is 584 g/mol. The quantitative estimate of drug-likeness (QED) is 0.0911. The van der Waals surface area contributed by atoms with E-state index < -0.39 is 11.4 Å². The highest BCUT2D eigenvalue weighted by Gasteiger charge is 2.22. The lowest BCUT2D eigenvalue weighted by atomic mass is 10.1. The van der Waals surface area contributed by atoms with Crippen molar-refractivity contribution in [1.82, 2.24) is 23.6 Å². The highest BCUT2D eigenvalue weighted by atomic mass is 32.2. The highest BCUT2D eigenvalue weighted by Crippen LogP contribution is 2.20. The average Bonchev–Trinajstić information content (AvgIpc) is 3.36. The van der Waals surface area contributed by atoms with Gasteiger partial charge in [-0.05, 0) is 67.6 Å². The number of aliphatic hydroxyl groups is 1. The molecular formula is C31H42N6O6S. The first-order valence-electron chi connectivity index (χ1n) is 15.0. The van der Waals surface area contributed by atoms with Crippen molar-refractivity contribution >= 4 is 28.2 Å². The Kier molecular flexibility index (Phi) is 11.9. The number of imidazole rings is 1. The molecule has 0 saturated carbocycles. The van der Waals surface area contributed by atoms with E-state index >= 15 is 0 Å². The smallest absolute Gasteiger partial charge is 0.357 e. The molecule has 0 amide bonds. The Morgan fingerprint density at radius 2 is 1.61 bits per heavy atom. The van der Waals surface area contributed by atoms with Gasteiger partial charge >= 0.3 is 17.1 Å². The van der Waals surface area contributed by atoms with Gasteiger partial charge in [-0.3, -0.25) is 23.4 Å². The summed E-state index contributed by atoms with van der Waals surface area (Å²) in [5.41, 5.74) is 8.60. The summed E-state index contributed by atoms with van der Waals surface area (Å²) in [6, 6.07) is 14.5. The van der Waals surface area contributed by atoms with E-state index in [0.29, 0.717) is 62.6 Å². The number of hydrogen-bond donors (Lipinski definition) is 3. The van der Waals surface area contributed by atoms with Gasteiger partial charge in [-0.15, -0.1) is 0 Å². The number of unbranched alkanes of at least 4 members (excludes halogenated alkanes) is 1. The normalized spacial score (nSPS) is 12.3. The minimum Gasteiger partial charge on any atom is -0.399 e. The largest absolute Gasteiger partial charge is 0.399 e. The van der Waals surface area contributed by atoms with Gasteiger partial charge in [0.1, 0.15) is 11.6 Å². The van der Waals surface area contributed by atoms with Crippen LogP contribution in [0.25, 0.3) is 11.2 Å². The molecule has 0 saturated heterocycles. The summed E-state index contributed by atoms with van der Waals surface area (Å²) in [7, 11) is 0. The zero-order valence-electron chi connectivity index (χ0n) is 25.4. The molecule has 1 atom stereocenters. The summed E-state index contributed by atoms with van der Waals surface area (Å²) >= 11 is -2.43. The van der Waals surface area contributed by atoms with E-state index in [4.69, 9.17) is 19.5 Å². The maximum absolute atomic E-state index is 13.9. The third kappa shape index (κ3) is 8.23. The molecule has 0 aliphatic carbocycles. The lowest BCUT2D eigenvalue weighted by molar-refractivity contribution is 0.197. The van der Waals surface area contributed by atoms with Crippen molar-refractivity contribution in [1.29, 1.82) is 0 Å². The molecule has 4 N–H and O–H groups in total. The number of rotatable bonds is 17. The van der Waals surface area contributed by atoms with Crippen molar-refractivity contribution < 1.29 is 18.1 Å². The number of aryl methyl sites for hydroxylation is 2. The molecule has 13 heteroatoms. The number of anilines is 1. The third-order valence-electron chi connectivity index (χ3n) is 7.67. The molecule has 238 valence electrons. The van der Waals surface area contributed by atoms with E-state index in [1.54, 1.807) is 28.8 Å². The van der Waals surface area contributed by atoms with Crippen LogP contribution in [0.5, 0.6) is 5.75 Å². The monoisotopic (exact) mass is 626 g/mol. The summed E-state index contributed by atoms with van der Waals surface area (Å²) in [6.07, 6.45) is 3.40. The molecule has 4 rings (SSSR count). The first-order chi connectivity index (χ1) is 21.2. The van der Waals surface area contributed by atoms with Crippen molar-refractivity contribution in [3.05, 3.63) is 86.3 Å². The minimum absolute atomic E-state index is 0.0254. The molecule has 1 unspecified atom stereocenters. The number of aliphatic hydroxyl groups excluding tert-OH is 1. The molecule has 0 fully saturated rings. The van der Waals surface area contributed by atoms with Crippen molar-refractivity contribution in [2.24, 2.45) is 0 Å². The Morgan fingerprint density at radius 3 is 2.25 bits per heavy atom. The van der Waals surface area contributed by atoms with Crippen molar-refractivity contribution in [2.45, 2.75) is 65.6 Å². The Hall–Kier alpha value is -3.78. The Labute approximate surface area is 259 Å². The summed E-state index contributed by atoms with van der Waals surface area (Å²) in [6.45, 7) is 6.96. The number of benzene rings is 2. The van der Waals surface area contributed by atoms with Crippen LogP contribution in [0.15, 0.2) is 58.1 Å². The standard InChI is InChI=1S/C31H42N6O6S/c1-3-16-37-30(39)28-29(36(31(37)40)17-6-5-7-23-8-12-25(32)13-9-23)33-27(35(28)19-18-34(4-2)20-21-38)22-24-10-14-26(15-11-24)43-44(41)42/h8-15,38H,3-7,16-22,32H2,1-2H3,(H,41,42). The maximum Gasteiger partial charge on any atom is 0.357 e. The van der Waals surface area contributed by atoms with Crippen LogP contribution < -0.4 is 21.2 Å². The molecule has 4 aromatic rings. The number of nitrogens with two attached hydrogens (primary N) is 1. The summed E-state index contributed by atoms with van der Waals surface area (Å²) in [4.78, 5) is 34.5. The van der Waals surface area contributed by atoms with Crippen LogP contribution in [0, 0.1) is 0 Å². The topological polar surface area (TPSA) is 158 Å². The second-order valence-corrected chi connectivity index (χ2v) is 11.3. The number of likely N-dealkylation sites (N-methyl/N-ethyl adjacent to an activating group) is 1. The van der Waals surface area contributed by atoms with Crippen molar-refractivity contribution in [2.75, 3.05) is 32.0 Å². The second-order valence-electron chi connectivity index (χ2n) is 10.7. The molecule has 0 aliphatic rings. The number of hydrogen-bond acceptors (Lipinski definition) is 8. The zero-order valence-corrected chi connectivity index (χ0v) is 26.2. The van der Waals surface area contributed by atoms with Gasteiger partial charge in [0.2, 0.25) is 0 Å². The molecule has 0 aliphatic heterocycles. The van der Waals surface area contributed by atoms with E-state index in [9.17, 15) is 18.9 Å². The fraction of sp³-hybridized carbons (Fsp3) is 0.452. The summed E-state index contributed by atoms with van der Waals surface area (Å²) in [5.74, 6) is 0.877. The van der Waals surface area contributed by atoms with Crippen molar-refractivity contribution in [3.63, 3.8) is 0 Å². The first-order valence-corrected chi connectivity index (χ1v) is 16.1. The molecule has 2 aromatic heterocycles. The van der Waals surface area contributed by atoms with Gasteiger partial charge in [-0.1, -0.05) is 38.1 Å². The molecule has 0 radical (unpaired) electrons. The number of nitrogen functional groups attached to an aromatic ring is 1. The molecule has 0 spiro atoms. The minimum atomic E-state index is -2.43. The van der Waals surface area contributed by atoms with Gasteiger partial charge in [0.05, 0.1) is 6.61 Å². The van der Waals surface area contributed by atoms with Crippen LogP contribution in [0.1, 0.15) is 50.1 Å². The van der Waals surface area contributed by atoms with Gasteiger partial charge in [-0.25, -0.2) is 9.78 Å². The van der Waals surface area contributed by atoms with E-state index in [1.165, 1.54) is 10.1 Å². The third-order valence-corrected chi connectivity index (χ3v) is 8.01. The zero-order chi connectivity index (χ0) is 31.6. The average molecular weight is 627 g/mol. The molecule has 2 heterocycles. The van der Waals surface area contributed by atoms with E-state index in [0.717, 1.165) is 37.1 Å². The fourth-order valence-corrected chi connectivity index (χ4v) is 5.63. The Morgan fingerprint density at radius 1 is 0.909 bits per heavy atom. The van der Waals surface area contributed by atoms with Gasteiger partial charge in [0, 0.05) is 44.8 Å². The van der Waals surface area contributed by atoms with Gasteiger partial charge in [0.15, 0.2) is 11.2 Å².